The van der Waals surface area contributed by atoms with E-state index in [1.54, 1.807) is 0 Å². The number of aliphatic hydroxyl groups excluding tert-OH is 1. The molecule has 20 heavy (non-hydrogen) atoms. The van der Waals surface area contributed by atoms with Crippen molar-refractivity contribution in [2.75, 3.05) is 6.61 Å². The second kappa shape index (κ2) is 6.77. The van der Waals surface area contributed by atoms with E-state index in [0.717, 1.165) is 11.8 Å². The van der Waals surface area contributed by atoms with Crippen LogP contribution in [-0.2, 0) is 6.42 Å². The van der Waals surface area contributed by atoms with Gasteiger partial charge in [-0.1, -0.05) is 30.3 Å². The van der Waals surface area contributed by atoms with Gasteiger partial charge in [0.05, 0.1) is 18.8 Å². The molecule has 104 valence electrons. The molecule has 0 saturated heterocycles. The lowest BCUT2D eigenvalue weighted by Gasteiger charge is -2.16. The zero-order valence-electron chi connectivity index (χ0n) is 10.8. The highest BCUT2D eigenvalue weighted by Gasteiger charge is 2.14. The van der Waals surface area contributed by atoms with Crippen LogP contribution in [0.5, 0.6) is 0 Å². The van der Waals surface area contributed by atoms with E-state index in [1.165, 1.54) is 12.1 Å². The van der Waals surface area contributed by atoms with Crippen molar-refractivity contribution in [3.05, 3.63) is 65.7 Å². The molecule has 0 radical (unpaired) electrons. The van der Waals surface area contributed by atoms with E-state index in [9.17, 15) is 14.3 Å². The first-order valence-electron chi connectivity index (χ1n) is 6.26. The fraction of sp³-hybridized carbons (Fsp3) is 0.200. The number of carbonyl (C=O) groups excluding carboxylic acids is 1. The number of aromatic nitrogens is 1. The van der Waals surface area contributed by atoms with Crippen molar-refractivity contribution in [2.24, 2.45) is 0 Å². The highest BCUT2D eigenvalue weighted by Crippen LogP contribution is 2.04. The second-order valence-electron chi connectivity index (χ2n) is 4.40. The molecule has 1 amide bonds. The summed E-state index contributed by atoms with van der Waals surface area (Å²) in [5.74, 6) is -0.926. The molecule has 0 aliphatic heterocycles. The van der Waals surface area contributed by atoms with Crippen molar-refractivity contribution in [2.45, 2.75) is 12.5 Å². The van der Waals surface area contributed by atoms with Crippen molar-refractivity contribution in [3.8, 4) is 0 Å². The predicted molar refractivity (Wildman–Crippen MR) is 72.7 cm³/mol. The van der Waals surface area contributed by atoms with E-state index in [4.69, 9.17) is 0 Å². The van der Waals surface area contributed by atoms with E-state index >= 15 is 0 Å². The van der Waals surface area contributed by atoms with Gasteiger partial charge in [0, 0.05) is 0 Å². The van der Waals surface area contributed by atoms with Crippen LogP contribution in [0, 0.1) is 5.82 Å². The van der Waals surface area contributed by atoms with E-state index in [2.05, 4.69) is 10.3 Å². The standard InChI is InChI=1S/C15H15FN2O2/c16-12-6-7-14(17-9-12)15(20)18-13(10-19)8-11-4-2-1-3-5-11/h1-7,9,13,19H,8,10H2,(H,18,20). The lowest BCUT2D eigenvalue weighted by atomic mass is 10.1. The summed E-state index contributed by atoms with van der Waals surface area (Å²) in [4.78, 5) is 15.6. The van der Waals surface area contributed by atoms with Crippen LogP contribution in [0.4, 0.5) is 4.39 Å². The Balaban J connectivity index is 1.99. The number of rotatable bonds is 5. The molecule has 0 spiro atoms. The Bertz CT molecular complexity index is 558. The zero-order chi connectivity index (χ0) is 14.4. The lowest BCUT2D eigenvalue weighted by molar-refractivity contribution is 0.0911. The van der Waals surface area contributed by atoms with Crippen LogP contribution in [0.2, 0.25) is 0 Å². The molecule has 5 heteroatoms. The average molecular weight is 274 g/mol. The van der Waals surface area contributed by atoms with E-state index in [-0.39, 0.29) is 12.3 Å². The van der Waals surface area contributed by atoms with Crippen molar-refractivity contribution < 1.29 is 14.3 Å². The maximum Gasteiger partial charge on any atom is 0.270 e. The number of aliphatic hydroxyl groups is 1. The number of halogens is 1. The maximum atomic E-state index is 12.7. The number of carbonyl (C=O) groups is 1. The van der Waals surface area contributed by atoms with Crippen molar-refractivity contribution in [1.82, 2.24) is 10.3 Å². The highest BCUT2D eigenvalue weighted by molar-refractivity contribution is 5.92. The number of hydrogen-bond acceptors (Lipinski definition) is 3. The molecule has 0 fully saturated rings. The molecule has 1 atom stereocenters. The van der Waals surface area contributed by atoms with E-state index in [0.29, 0.717) is 6.42 Å². The first kappa shape index (κ1) is 14.1. The molecular formula is C15H15FN2O2. The van der Waals surface area contributed by atoms with Gasteiger partial charge in [0.1, 0.15) is 11.5 Å². The Morgan fingerprint density at radius 2 is 2.00 bits per heavy atom. The molecular weight excluding hydrogens is 259 g/mol. The number of nitrogens with zero attached hydrogens (tertiary/aromatic N) is 1. The van der Waals surface area contributed by atoms with Gasteiger partial charge in [0.2, 0.25) is 0 Å². The summed E-state index contributed by atoms with van der Waals surface area (Å²) in [5.41, 5.74) is 1.14. The smallest absolute Gasteiger partial charge is 0.270 e. The van der Waals surface area contributed by atoms with Crippen LogP contribution in [-0.4, -0.2) is 28.6 Å². The Kier molecular flexibility index (Phi) is 4.79. The molecule has 2 aromatic rings. The Morgan fingerprint density at radius 1 is 1.25 bits per heavy atom. The van der Waals surface area contributed by atoms with Crippen LogP contribution < -0.4 is 5.32 Å². The predicted octanol–water partition coefficient (Wildman–Crippen LogP) is 1.55. The van der Waals surface area contributed by atoms with Gasteiger partial charge in [0.15, 0.2) is 0 Å². The molecule has 0 saturated carbocycles. The first-order valence-corrected chi connectivity index (χ1v) is 6.26. The molecule has 1 aromatic carbocycles. The molecule has 0 bridgehead atoms. The molecule has 0 aliphatic carbocycles. The highest BCUT2D eigenvalue weighted by atomic mass is 19.1. The maximum absolute atomic E-state index is 12.7. The normalized spacial score (nSPS) is 11.9. The van der Waals surface area contributed by atoms with Gasteiger partial charge in [-0.25, -0.2) is 9.37 Å². The average Bonchev–Trinajstić information content (AvgIpc) is 2.48. The van der Waals surface area contributed by atoms with Gasteiger partial charge in [-0.2, -0.15) is 0 Å². The third kappa shape index (κ3) is 3.86. The number of hydrogen-bond donors (Lipinski definition) is 2. The van der Waals surface area contributed by atoms with E-state index in [1.807, 2.05) is 30.3 Å². The van der Waals surface area contributed by atoms with E-state index < -0.39 is 17.8 Å². The van der Waals surface area contributed by atoms with Gasteiger partial charge in [0.25, 0.3) is 5.91 Å². The van der Waals surface area contributed by atoms with Crippen molar-refractivity contribution in [3.63, 3.8) is 0 Å². The van der Waals surface area contributed by atoms with Crippen LogP contribution in [0.3, 0.4) is 0 Å². The fourth-order valence-corrected chi connectivity index (χ4v) is 1.83. The minimum atomic E-state index is -0.496. The summed E-state index contributed by atoms with van der Waals surface area (Å²) in [6.07, 6.45) is 1.50. The van der Waals surface area contributed by atoms with Gasteiger partial charge in [-0.3, -0.25) is 4.79 Å². The van der Waals surface area contributed by atoms with Crippen LogP contribution in [0.15, 0.2) is 48.7 Å². The molecule has 1 aromatic heterocycles. The molecule has 0 aliphatic rings. The van der Waals surface area contributed by atoms with Crippen molar-refractivity contribution in [1.29, 1.82) is 0 Å². The number of pyridine rings is 1. The van der Waals surface area contributed by atoms with Gasteiger partial charge in [-0.15, -0.1) is 0 Å². The third-order valence-corrected chi connectivity index (χ3v) is 2.84. The van der Waals surface area contributed by atoms with Crippen molar-refractivity contribution >= 4 is 5.91 Å². The quantitative estimate of drug-likeness (QED) is 0.869. The topological polar surface area (TPSA) is 62.2 Å². The van der Waals surface area contributed by atoms with Gasteiger partial charge in [-0.05, 0) is 24.1 Å². The Labute approximate surface area is 116 Å². The largest absolute Gasteiger partial charge is 0.394 e. The van der Waals surface area contributed by atoms with Crippen LogP contribution in [0.1, 0.15) is 16.1 Å². The first-order chi connectivity index (χ1) is 9.69. The minimum Gasteiger partial charge on any atom is -0.394 e. The number of nitrogens with one attached hydrogen (secondary N) is 1. The fourth-order valence-electron chi connectivity index (χ4n) is 1.83. The Hall–Kier alpha value is -2.27. The summed E-state index contributed by atoms with van der Waals surface area (Å²) >= 11 is 0. The zero-order valence-corrected chi connectivity index (χ0v) is 10.8. The summed E-state index contributed by atoms with van der Waals surface area (Å²) in [6.45, 7) is -0.179. The minimum absolute atomic E-state index is 0.123. The third-order valence-electron chi connectivity index (χ3n) is 2.84. The number of amides is 1. The molecule has 1 heterocycles. The van der Waals surface area contributed by atoms with Crippen LogP contribution >= 0.6 is 0 Å². The second-order valence-corrected chi connectivity index (χ2v) is 4.40. The number of benzene rings is 1. The monoisotopic (exact) mass is 274 g/mol. The van der Waals surface area contributed by atoms with Crippen LogP contribution in [0.25, 0.3) is 0 Å². The lowest BCUT2D eigenvalue weighted by Crippen LogP contribution is -2.39. The summed E-state index contributed by atoms with van der Waals surface area (Å²) in [6, 6.07) is 11.6. The SMILES string of the molecule is O=C(NC(CO)Cc1ccccc1)c1ccc(F)cn1. The molecule has 1 unspecified atom stereocenters. The summed E-state index contributed by atoms with van der Waals surface area (Å²) in [7, 11) is 0. The molecule has 2 N–H and O–H groups in total. The molecule has 4 nitrogen and oxygen atoms in total. The molecule has 2 rings (SSSR count). The summed E-state index contributed by atoms with van der Waals surface area (Å²) in [5, 5.41) is 12.0. The van der Waals surface area contributed by atoms with Gasteiger partial charge < -0.3 is 10.4 Å². The summed E-state index contributed by atoms with van der Waals surface area (Å²) < 4.78 is 12.7. The Morgan fingerprint density at radius 3 is 2.60 bits per heavy atom. The van der Waals surface area contributed by atoms with Gasteiger partial charge >= 0.3 is 0 Å².